The van der Waals surface area contributed by atoms with Gasteiger partial charge in [-0.25, -0.2) is 0 Å². The van der Waals surface area contributed by atoms with E-state index in [4.69, 9.17) is 10.8 Å². The molecule has 1 aliphatic rings. The van der Waals surface area contributed by atoms with Crippen molar-refractivity contribution in [2.45, 2.75) is 25.1 Å². The van der Waals surface area contributed by atoms with Gasteiger partial charge in [-0.3, -0.25) is 0 Å². The highest BCUT2D eigenvalue weighted by atomic mass is 16.3. The normalized spacial score (nSPS) is 47.6. The molecule has 3 nitrogen and oxygen atoms in total. The zero-order chi connectivity index (χ0) is 6.15. The second-order valence-electron chi connectivity index (χ2n) is 2.34. The largest absolute Gasteiger partial charge is 0.390 e. The van der Waals surface area contributed by atoms with Gasteiger partial charge in [-0.1, -0.05) is 0 Å². The van der Waals surface area contributed by atoms with Crippen molar-refractivity contribution < 1.29 is 5.11 Å². The minimum Gasteiger partial charge on any atom is -0.390 e. The Labute approximate surface area is 48.9 Å². The molecule has 0 spiro atoms. The van der Waals surface area contributed by atoms with Gasteiger partial charge in [0.2, 0.25) is 0 Å². The van der Waals surface area contributed by atoms with Crippen LogP contribution in [0.3, 0.4) is 0 Å². The molecule has 1 heterocycles. The van der Waals surface area contributed by atoms with Gasteiger partial charge in [0.25, 0.3) is 0 Å². The average molecular weight is 116 g/mol. The Bertz CT molecular complexity index is 76.5. The number of aliphatic hydroxyl groups is 1. The molecule has 0 aliphatic carbocycles. The first-order chi connectivity index (χ1) is 3.72. The van der Waals surface area contributed by atoms with E-state index in [0.717, 1.165) is 0 Å². The molecule has 48 valence electrons. The maximum atomic E-state index is 8.98. The van der Waals surface area contributed by atoms with Crippen molar-refractivity contribution in [1.29, 1.82) is 0 Å². The quantitative estimate of drug-likeness (QED) is 0.367. The summed E-state index contributed by atoms with van der Waals surface area (Å²) in [6.45, 7) is 2.61. The highest BCUT2D eigenvalue weighted by Crippen LogP contribution is 2.02. The van der Waals surface area contributed by atoms with Crippen LogP contribution in [0.1, 0.15) is 6.92 Å². The lowest BCUT2D eigenvalue weighted by Crippen LogP contribution is -2.38. The standard InChI is InChI=1S/C5H12N2O/c1-3-5(6)4(8)2-7-3/h3-5,7-8H,2,6H2,1H3/t3-,4-,5-/m0/s1. The van der Waals surface area contributed by atoms with Crippen molar-refractivity contribution in [3.8, 4) is 0 Å². The molecule has 1 saturated heterocycles. The van der Waals surface area contributed by atoms with Crippen molar-refractivity contribution in [2.24, 2.45) is 5.73 Å². The highest BCUT2D eigenvalue weighted by molar-refractivity contribution is 4.90. The number of β-amino-alcohol motifs (C(OH)–C–C–N with tert-alkyl or cyclic N) is 1. The van der Waals surface area contributed by atoms with Crippen LogP contribution in [0.4, 0.5) is 0 Å². The van der Waals surface area contributed by atoms with Crippen LogP contribution >= 0.6 is 0 Å². The zero-order valence-electron chi connectivity index (χ0n) is 4.96. The van der Waals surface area contributed by atoms with Gasteiger partial charge >= 0.3 is 0 Å². The summed E-state index contributed by atoms with van der Waals surface area (Å²) in [5, 5.41) is 12.0. The minimum absolute atomic E-state index is 0.0741. The summed E-state index contributed by atoms with van der Waals surface area (Å²) in [4.78, 5) is 0. The summed E-state index contributed by atoms with van der Waals surface area (Å²) in [7, 11) is 0. The van der Waals surface area contributed by atoms with Crippen LogP contribution in [0.15, 0.2) is 0 Å². The van der Waals surface area contributed by atoms with Gasteiger partial charge < -0.3 is 16.2 Å². The molecular formula is C5H12N2O. The van der Waals surface area contributed by atoms with Crippen molar-refractivity contribution in [3.05, 3.63) is 0 Å². The maximum absolute atomic E-state index is 8.98. The van der Waals surface area contributed by atoms with E-state index in [2.05, 4.69) is 5.32 Å². The predicted molar refractivity (Wildman–Crippen MR) is 31.4 cm³/mol. The van der Waals surface area contributed by atoms with Gasteiger partial charge in [0, 0.05) is 18.6 Å². The fourth-order valence-corrected chi connectivity index (χ4v) is 0.912. The molecule has 0 aromatic rings. The molecule has 0 unspecified atom stereocenters. The topological polar surface area (TPSA) is 58.3 Å². The molecule has 8 heavy (non-hydrogen) atoms. The Kier molecular flexibility index (Phi) is 1.51. The Balaban J connectivity index is 2.44. The van der Waals surface area contributed by atoms with Crippen LogP contribution in [0.25, 0.3) is 0 Å². The van der Waals surface area contributed by atoms with E-state index >= 15 is 0 Å². The highest BCUT2D eigenvalue weighted by Gasteiger charge is 2.27. The smallest absolute Gasteiger partial charge is 0.0830 e. The molecule has 1 fully saturated rings. The molecule has 0 aromatic heterocycles. The van der Waals surface area contributed by atoms with Crippen LogP contribution < -0.4 is 11.1 Å². The minimum atomic E-state index is -0.343. The Morgan fingerprint density at radius 1 is 1.75 bits per heavy atom. The second-order valence-corrected chi connectivity index (χ2v) is 2.34. The van der Waals surface area contributed by atoms with E-state index in [1.54, 1.807) is 0 Å². The van der Waals surface area contributed by atoms with E-state index in [-0.39, 0.29) is 18.2 Å². The van der Waals surface area contributed by atoms with Crippen molar-refractivity contribution >= 4 is 0 Å². The van der Waals surface area contributed by atoms with Crippen LogP contribution in [-0.2, 0) is 0 Å². The number of aliphatic hydroxyl groups excluding tert-OH is 1. The molecule has 0 amide bonds. The molecule has 0 radical (unpaired) electrons. The number of nitrogens with one attached hydrogen (secondary N) is 1. The maximum Gasteiger partial charge on any atom is 0.0830 e. The third-order valence-electron chi connectivity index (χ3n) is 1.67. The first-order valence-corrected chi connectivity index (χ1v) is 2.89. The number of rotatable bonds is 0. The summed E-state index contributed by atoms with van der Waals surface area (Å²) in [5.41, 5.74) is 5.51. The van der Waals surface area contributed by atoms with Gasteiger partial charge in [0.15, 0.2) is 0 Å². The summed E-state index contributed by atoms with van der Waals surface area (Å²) < 4.78 is 0. The molecular weight excluding hydrogens is 104 g/mol. The third kappa shape index (κ3) is 0.844. The SMILES string of the molecule is C[C@@H]1NC[C@H](O)[C@H]1N. The molecule has 1 aliphatic heterocycles. The zero-order valence-corrected chi connectivity index (χ0v) is 4.96. The average Bonchev–Trinajstić information content (AvgIpc) is 1.98. The van der Waals surface area contributed by atoms with E-state index in [0.29, 0.717) is 6.54 Å². The Morgan fingerprint density at radius 3 is 2.50 bits per heavy atom. The monoisotopic (exact) mass is 116 g/mol. The molecule has 0 bridgehead atoms. The van der Waals surface area contributed by atoms with Crippen LogP contribution in [0, 0.1) is 0 Å². The van der Waals surface area contributed by atoms with Crippen molar-refractivity contribution in [2.75, 3.05) is 6.54 Å². The van der Waals surface area contributed by atoms with Gasteiger partial charge in [0.1, 0.15) is 0 Å². The Hall–Kier alpha value is -0.120. The van der Waals surface area contributed by atoms with Gasteiger partial charge in [-0.15, -0.1) is 0 Å². The molecule has 3 heteroatoms. The van der Waals surface area contributed by atoms with Crippen molar-refractivity contribution in [1.82, 2.24) is 5.32 Å². The lowest BCUT2D eigenvalue weighted by Gasteiger charge is -2.10. The van der Waals surface area contributed by atoms with E-state index in [1.165, 1.54) is 0 Å². The summed E-state index contributed by atoms with van der Waals surface area (Å²) in [6, 6.07) is 0.194. The fraction of sp³-hybridized carbons (Fsp3) is 1.00. The summed E-state index contributed by atoms with van der Waals surface area (Å²) >= 11 is 0. The molecule has 0 saturated carbocycles. The lowest BCUT2D eigenvalue weighted by molar-refractivity contribution is 0.175. The Morgan fingerprint density at radius 2 is 2.38 bits per heavy atom. The number of nitrogens with two attached hydrogens (primary N) is 1. The van der Waals surface area contributed by atoms with Gasteiger partial charge in [-0.2, -0.15) is 0 Å². The summed E-state index contributed by atoms with van der Waals surface area (Å²) in [6.07, 6.45) is -0.343. The predicted octanol–water partition coefficient (Wildman–Crippen LogP) is -1.33. The third-order valence-corrected chi connectivity index (χ3v) is 1.67. The first kappa shape index (κ1) is 6.01. The lowest BCUT2D eigenvalue weighted by atomic mass is 10.1. The molecule has 4 N–H and O–H groups in total. The van der Waals surface area contributed by atoms with Crippen LogP contribution in [0.5, 0.6) is 0 Å². The number of hydrogen-bond donors (Lipinski definition) is 3. The van der Waals surface area contributed by atoms with Gasteiger partial charge in [0.05, 0.1) is 6.10 Å². The van der Waals surface area contributed by atoms with Gasteiger partial charge in [-0.05, 0) is 6.92 Å². The number of hydrogen-bond acceptors (Lipinski definition) is 3. The van der Waals surface area contributed by atoms with Crippen LogP contribution in [-0.4, -0.2) is 29.8 Å². The molecule has 3 atom stereocenters. The van der Waals surface area contributed by atoms with Crippen LogP contribution in [0.2, 0.25) is 0 Å². The van der Waals surface area contributed by atoms with E-state index in [1.807, 2.05) is 6.92 Å². The van der Waals surface area contributed by atoms with E-state index < -0.39 is 0 Å². The van der Waals surface area contributed by atoms with Crippen molar-refractivity contribution in [3.63, 3.8) is 0 Å². The molecule has 1 rings (SSSR count). The first-order valence-electron chi connectivity index (χ1n) is 2.89. The molecule has 0 aromatic carbocycles. The fourth-order valence-electron chi connectivity index (χ4n) is 0.912. The summed E-state index contributed by atoms with van der Waals surface area (Å²) in [5.74, 6) is 0. The second kappa shape index (κ2) is 2.01. The van der Waals surface area contributed by atoms with E-state index in [9.17, 15) is 0 Å².